The van der Waals surface area contributed by atoms with Gasteiger partial charge in [0.15, 0.2) is 0 Å². The summed E-state index contributed by atoms with van der Waals surface area (Å²) < 4.78 is 0. The van der Waals surface area contributed by atoms with Gasteiger partial charge in [0.25, 0.3) is 0 Å². The summed E-state index contributed by atoms with van der Waals surface area (Å²) >= 11 is -0.0468. The van der Waals surface area contributed by atoms with Gasteiger partial charge in [-0.05, 0) is 0 Å². The third-order valence-corrected chi connectivity index (χ3v) is 28.3. The molecule has 0 spiro atoms. The van der Waals surface area contributed by atoms with Gasteiger partial charge in [-0.2, -0.15) is 0 Å². The fraction of sp³-hybridized carbons (Fsp3) is 0.500. The molecule has 0 aromatic carbocycles. The molecular weight excluding hydrogens is 368 g/mol. The first-order valence-electron chi connectivity index (χ1n) is 5.57. The molecule has 0 saturated heterocycles. The fourth-order valence-corrected chi connectivity index (χ4v) is 31.8. The number of allylic oxidation sites excluding steroid dienone is 4. The Morgan fingerprint density at radius 3 is 1.41 bits per heavy atom. The molecule has 2 unspecified atom stereocenters. The molecule has 0 aromatic heterocycles. The maximum Gasteiger partial charge on any atom is -1.00 e. The van der Waals surface area contributed by atoms with Gasteiger partial charge in [-0.15, -0.1) is 0 Å². The maximum absolute atomic E-state index is 2.68. The summed E-state index contributed by atoms with van der Waals surface area (Å²) in [6.07, 6.45) is 3.01. The molecule has 96 valence electrons. The van der Waals surface area contributed by atoms with E-state index in [0.29, 0.717) is 0 Å². The van der Waals surface area contributed by atoms with Crippen LogP contribution in [0.1, 0.15) is 27.7 Å². The van der Waals surface area contributed by atoms with Crippen molar-refractivity contribution in [2.75, 3.05) is 12.3 Å². The summed E-state index contributed by atoms with van der Waals surface area (Å²) in [5, 5.41) is 0. The van der Waals surface area contributed by atoms with Crippen LogP contribution in [0.15, 0.2) is 22.3 Å². The van der Waals surface area contributed by atoms with Crippen LogP contribution in [-0.2, 0) is 22.1 Å². The second kappa shape index (κ2) is 7.97. The summed E-state index contributed by atoms with van der Waals surface area (Å²) in [5.41, 5.74) is 6.66. The van der Waals surface area contributed by atoms with Crippen molar-refractivity contribution in [1.29, 1.82) is 0 Å². The first-order chi connectivity index (χ1) is 7.06. The maximum atomic E-state index is 2.68. The summed E-state index contributed by atoms with van der Waals surface area (Å²) in [4.78, 5) is 0.0391. The summed E-state index contributed by atoms with van der Waals surface area (Å²) in [6, 6.07) is 0. The van der Waals surface area contributed by atoms with E-state index in [9.17, 15) is 0 Å². The molecule has 0 nitrogen and oxygen atoms in total. The molecule has 2 heterocycles. The standard InChI is InChI=1S/2C6H9P.2ClH.Zr/c2*1-5-3-7-4-6(5)2;;;/h2*3H,4H2,1-2H3;2*1H;. The molecule has 0 saturated carbocycles. The fourth-order valence-electron chi connectivity index (χ4n) is 2.09. The average Bonchev–Trinajstić information content (AvgIpc) is 2.59. The molecule has 5 heteroatoms. The zero-order valence-corrected chi connectivity index (χ0v) is 16.8. The van der Waals surface area contributed by atoms with Crippen LogP contribution >= 0.6 is 9.68 Å². The van der Waals surface area contributed by atoms with Crippen molar-refractivity contribution in [3.63, 3.8) is 0 Å². The number of rotatable bonds is 2. The van der Waals surface area contributed by atoms with Crippen molar-refractivity contribution in [3.8, 4) is 0 Å². The second-order valence-corrected chi connectivity index (χ2v) is 24.1. The van der Waals surface area contributed by atoms with Crippen LogP contribution < -0.4 is 24.8 Å². The van der Waals surface area contributed by atoms with Crippen LogP contribution in [-0.4, -0.2) is 23.9 Å². The Balaban J connectivity index is 0.00000128. The molecule has 2 aliphatic heterocycles. The third-order valence-electron chi connectivity index (χ3n) is 3.36. The van der Waals surface area contributed by atoms with E-state index in [1.165, 1.54) is 12.3 Å². The molecule has 0 aromatic rings. The molecule has 0 fully saturated rings. The minimum Gasteiger partial charge on any atom is -1.00 e. The first kappa shape index (κ1) is 18.5. The van der Waals surface area contributed by atoms with Crippen molar-refractivity contribution < 1.29 is 46.9 Å². The van der Waals surface area contributed by atoms with Gasteiger partial charge >= 0.3 is 106 Å². The van der Waals surface area contributed by atoms with Crippen LogP contribution in [0.25, 0.3) is 0 Å². The van der Waals surface area contributed by atoms with E-state index in [1.54, 1.807) is 22.3 Å². The zero-order chi connectivity index (χ0) is 11.0. The van der Waals surface area contributed by atoms with Crippen molar-refractivity contribution in [1.82, 2.24) is 0 Å². The van der Waals surface area contributed by atoms with Crippen molar-refractivity contribution in [2.24, 2.45) is 0 Å². The molecule has 17 heavy (non-hydrogen) atoms. The van der Waals surface area contributed by atoms with Crippen LogP contribution in [0.4, 0.5) is 0 Å². The Kier molecular flexibility index (Phi) is 8.69. The second-order valence-electron chi connectivity index (χ2n) is 4.74. The Hall–Kier alpha value is 1.54. The Bertz CT molecular complexity index is 394. The average molecular weight is 388 g/mol. The van der Waals surface area contributed by atoms with E-state index < -0.39 is 0 Å². The molecule has 2 atom stereocenters. The molecular formula is C12H20Cl2P2Zr. The molecule has 2 aliphatic rings. The van der Waals surface area contributed by atoms with Gasteiger partial charge in [0.2, 0.25) is 0 Å². The summed E-state index contributed by atoms with van der Waals surface area (Å²) in [7, 11) is 0. The van der Waals surface area contributed by atoms with Crippen molar-refractivity contribution in [2.45, 2.75) is 27.7 Å². The Morgan fingerprint density at radius 1 is 0.824 bits per heavy atom. The molecule has 0 N–H and O–H groups in total. The van der Waals surface area contributed by atoms with Gasteiger partial charge in [-0.25, -0.2) is 0 Å². The molecule has 0 aliphatic carbocycles. The smallest absolute Gasteiger partial charge is 1.00 e. The molecule has 0 amide bonds. The van der Waals surface area contributed by atoms with Crippen molar-refractivity contribution >= 4 is 21.3 Å². The predicted octanol–water partition coefficient (Wildman–Crippen LogP) is -2.36. The summed E-state index contributed by atoms with van der Waals surface area (Å²) in [6.45, 7) is 9.31. The van der Waals surface area contributed by atoms with E-state index in [2.05, 4.69) is 39.3 Å². The molecule has 2 rings (SSSR count). The van der Waals surface area contributed by atoms with Gasteiger partial charge < -0.3 is 24.8 Å². The van der Waals surface area contributed by atoms with E-state index in [0.717, 1.165) is 0 Å². The summed E-state index contributed by atoms with van der Waals surface area (Å²) in [5.74, 6) is 5.36. The number of hydrogen-bond acceptors (Lipinski definition) is 0. The minimum absolute atomic E-state index is 0. The normalized spacial score (nSPS) is 26.8. The Labute approximate surface area is 129 Å². The van der Waals surface area contributed by atoms with E-state index in [1.807, 2.05) is 0 Å². The van der Waals surface area contributed by atoms with Crippen LogP contribution in [0, 0.1) is 0 Å². The monoisotopic (exact) mass is 386 g/mol. The zero-order valence-electron chi connectivity index (χ0n) is 10.8. The number of hydrogen-bond donors (Lipinski definition) is 0. The molecule has 0 bridgehead atoms. The number of halogens is 2. The van der Waals surface area contributed by atoms with E-state index in [-0.39, 0.29) is 56.6 Å². The van der Waals surface area contributed by atoms with E-state index >= 15 is 0 Å². The molecule has 0 radical (unpaired) electrons. The van der Waals surface area contributed by atoms with Gasteiger partial charge in [0, 0.05) is 0 Å². The SMILES string of the molecule is CC1=C(C)C[PH]([Zr+2][PH]2=CC(C)=C(C)C2)=C1.[Cl-].[Cl-]. The van der Waals surface area contributed by atoms with Crippen LogP contribution in [0.5, 0.6) is 0 Å². The van der Waals surface area contributed by atoms with Crippen LogP contribution in [0.2, 0.25) is 0 Å². The Morgan fingerprint density at radius 2 is 1.18 bits per heavy atom. The van der Waals surface area contributed by atoms with Gasteiger partial charge in [0.05, 0.1) is 0 Å². The quantitative estimate of drug-likeness (QED) is 0.465. The predicted molar refractivity (Wildman–Crippen MR) is 75.2 cm³/mol. The van der Waals surface area contributed by atoms with Gasteiger partial charge in [-0.1, -0.05) is 0 Å². The van der Waals surface area contributed by atoms with Crippen LogP contribution in [0.3, 0.4) is 0 Å². The third kappa shape index (κ3) is 4.86. The largest absolute Gasteiger partial charge is 1.00 e. The van der Waals surface area contributed by atoms with Crippen molar-refractivity contribution in [3.05, 3.63) is 22.3 Å². The van der Waals surface area contributed by atoms with Gasteiger partial charge in [0.1, 0.15) is 0 Å². The topological polar surface area (TPSA) is 0 Å². The minimum atomic E-state index is -0.0468. The van der Waals surface area contributed by atoms with Gasteiger partial charge in [-0.3, -0.25) is 0 Å². The first-order valence-corrected chi connectivity index (χ1v) is 16.5. The van der Waals surface area contributed by atoms with E-state index in [4.69, 9.17) is 0 Å².